The molecule has 0 aliphatic heterocycles. The van der Waals surface area contributed by atoms with Crippen LogP contribution in [0.5, 0.6) is 0 Å². The van der Waals surface area contributed by atoms with E-state index in [4.69, 9.17) is 18.9 Å². The molecule has 34 heteroatoms. The fraction of sp³-hybridized carbons (Fsp3) is 0.511. The SMILES string of the molecule is C=C(C)C(=O)OC12CC3CC(C1)CC(C(=O)OCC(C)(F)F)(C3)C2.C=C(C)C(=O)OC12CC3CC(C1)CC(C(=O)OCCC(F)(F)C(C)(F)F)(C3)C2.C=Cc1ccc(C(=O)OCC(C)(F)F)cc1.C=Cc1ccc(C(=O)OCC(C)(F)F)cc1.C=Cc1ccc(C(=O)OCCC(F)(F)C(C)(F)F)cc1.C=Cc1ccc(C(=O)OCCC(F)(F)C(C)(F)F)cc1. The van der Waals surface area contributed by atoms with Crippen molar-refractivity contribution in [1.82, 2.24) is 0 Å². The molecule has 16 nitrogen and oxygen atoms in total. The summed E-state index contributed by atoms with van der Waals surface area (Å²) in [5, 5.41) is 0. The summed E-state index contributed by atoms with van der Waals surface area (Å²) in [6, 6.07) is 24.8. The van der Waals surface area contributed by atoms with Crippen LogP contribution in [0.4, 0.5) is 79.0 Å². The van der Waals surface area contributed by atoms with Crippen LogP contribution in [0.25, 0.3) is 24.3 Å². The molecule has 0 radical (unpaired) electrons. The maximum atomic E-state index is 13.4. The maximum Gasteiger partial charge on any atom is 0.338 e. The van der Waals surface area contributed by atoms with Gasteiger partial charge in [0.05, 0.1) is 72.2 Å². The molecule has 4 aromatic rings. The summed E-state index contributed by atoms with van der Waals surface area (Å²) in [6.45, 7) is 22.0. The highest BCUT2D eigenvalue weighted by atomic mass is 19.3. The Morgan fingerprint density at radius 2 is 0.556 bits per heavy atom. The summed E-state index contributed by atoms with van der Waals surface area (Å²) in [5.41, 5.74) is 1.52. The second-order valence-electron chi connectivity index (χ2n) is 32.9. The van der Waals surface area contributed by atoms with Crippen LogP contribution in [-0.2, 0) is 57.1 Å². The Balaban J connectivity index is 0.000000267. The van der Waals surface area contributed by atoms with Crippen molar-refractivity contribution in [2.75, 3.05) is 39.6 Å². The molecule has 4 unspecified atom stereocenters. The van der Waals surface area contributed by atoms with E-state index in [1.54, 1.807) is 86.7 Å². The number of esters is 8. The zero-order valence-electron chi connectivity index (χ0n) is 69.8. The minimum atomic E-state index is -4.24. The Kier molecular flexibility index (Phi) is 35.5. The third-order valence-electron chi connectivity index (χ3n) is 21.0. The molecule has 8 aliphatic rings. The van der Waals surface area contributed by atoms with Crippen molar-refractivity contribution < 1.29 is 155 Å². The van der Waals surface area contributed by atoms with Crippen LogP contribution in [0.3, 0.4) is 0 Å². The van der Waals surface area contributed by atoms with E-state index in [9.17, 15) is 117 Å². The van der Waals surface area contributed by atoms with Gasteiger partial charge in [-0.15, -0.1) is 0 Å². The number of hydrogen-bond donors (Lipinski definition) is 0. The fourth-order valence-electron chi connectivity index (χ4n) is 15.4. The van der Waals surface area contributed by atoms with E-state index < -0.39 is 182 Å². The van der Waals surface area contributed by atoms with E-state index in [2.05, 4.69) is 58.4 Å². The van der Waals surface area contributed by atoms with Gasteiger partial charge in [0.25, 0.3) is 17.8 Å². The molecule has 8 fully saturated rings. The van der Waals surface area contributed by atoms with Gasteiger partial charge < -0.3 is 37.9 Å². The summed E-state index contributed by atoms with van der Waals surface area (Å²) >= 11 is 0. The lowest BCUT2D eigenvalue weighted by Gasteiger charge is -2.59. The Hall–Kier alpha value is -10.2. The van der Waals surface area contributed by atoms with Gasteiger partial charge in [-0.25, -0.2) is 81.5 Å². The molecule has 12 rings (SSSR count). The first-order valence-electron chi connectivity index (χ1n) is 39.1. The van der Waals surface area contributed by atoms with E-state index in [0.717, 1.165) is 54.9 Å². The van der Waals surface area contributed by atoms with E-state index in [1.165, 1.54) is 48.5 Å². The van der Waals surface area contributed by atoms with E-state index >= 15 is 0 Å². The molecule has 0 N–H and O–H groups in total. The molecule has 684 valence electrons. The lowest BCUT2D eigenvalue weighted by atomic mass is 9.48. The Morgan fingerprint density at radius 1 is 0.339 bits per heavy atom. The molecule has 8 saturated carbocycles. The lowest BCUT2D eigenvalue weighted by Crippen LogP contribution is -2.60. The van der Waals surface area contributed by atoms with Gasteiger partial charge in [0, 0.05) is 65.5 Å². The molecule has 4 aromatic carbocycles. The zero-order chi connectivity index (χ0) is 93.8. The molecule has 0 amide bonds. The van der Waals surface area contributed by atoms with Crippen LogP contribution >= 0.6 is 0 Å². The first-order valence-corrected chi connectivity index (χ1v) is 39.1. The molecule has 0 heterocycles. The minimum absolute atomic E-state index is 0.128. The van der Waals surface area contributed by atoms with Crippen LogP contribution < -0.4 is 0 Å². The Bertz CT molecular complexity index is 4200. The van der Waals surface area contributed by atoms with E-state index in [1.807, 2.05) is 0 Å². The molecular weight excluding hydrogens is 1680 g/mol. The second-order valence-corrected chi connectivity index (χ2v) is 32.9. The van der Waals surface area contributed by atoms with Gasteiger partial charge in [-0.05, 0) is 173 Å². The topological polar surface area (TPSA) is 210 Å². The van der Waals surface area contributed by atoms with Crippen molar-refractivity contribution in [1.29, 1.82) is 0 Å². The monoisotopic (exact) mass is 1780 g/mol. The van der Waals surface area contributed by atoms with Gasteiger partial charge in [-0.3, -0.25) is 9.59 Å². The van der Waals surface area contributed by atoms with E-state index in [0.29, 0.717) is 64.4 Å². The van der Waals surface area contributed by atoms with Crippen LogP contribution in [0.2, 0.25) is 0 Å². The maximum absolute atomic E-state index is 13.4. The standard InChI is InChI=1S/C20H26F4O4.C18H24F2O4.2C14H14F4O2.2C12H12F2O2/c1-12(2)15(25)28-19-9-13-6-14(10-19)8-18(7-13,11-19)16(26)27-5-4-20(23,24)17(3,21)22;1-11(2)14(21)24-18-7-12-4-13(8-18)6-17(5-12,9-18)15(22)23-10-16(3,19)20;2*1-3-10-4-6-11(7-5-10)12(19)20-9-8-14(17,18)13(2,15)16;2*1-3-9-4-6-10(7-5-9)11(15)16-8-12(2,13)14/h13-14H,1,4-11H2,2-3H3;12-13H,1,4-10H2,2-3H3;2*3-7H,1,8-9H2,2H3;2*3-7H,1,8H2,2H3. The van der Waals surface area contributed by atoms with Gasteiger partial charge in [-0.2, -0.15) is 26.3 Å². The smallest absolute Gasteiger partial charge is 0.338 e. The van der Waals surface area contributed by atoms with E-state index in [-0.39, 0.29) is 78.7 Å². The summed E-state index contributed by atoms with van der Waals surface area (Å²) < 4.78 is 270. The number of rotatable bonds is 32. The number of halogens is 18. The van der Waals surface area contributed by atoms with Crippen molar-refractivity contribution in [3.63, 3.8) is 0 Å². The lowest BCUT2D eigenvalue weighted by molar-refractivity contribution is -0.218. The third-order valence-corrected chi connectivity index (χ3v) is 21.0. The van der Waals surface area contributed by atoms with Crippen LogP contribution in [-0.4, -0.2) is 152 Å². The molecule has 0 aromatic heterocycles. The highest BCUT2D eigenvalue weighted by molar-refractivity contribution is 5.92. The second kappa shape index (κ2) is 42.2. The quantitative estimate of drug-likeness (QED) is 0.0193. The highest BCUT2D eigenvalue weighted by Crippen LogP contribution is 2.65. The number of carbonyl (C=O) groups excluding carboxylic acids is 8. The number of ether oxygens (including phenoxy) is 8. The normalized spacial score (nSPS) is 21.6. The van der Waals surface area contributed by atoms with Gasteiger partial charge >= 0.3 is 83.3 Å². The summed E-state index contributed by atoms with van der Waals surface area (Å²) in [4.78, 5) is 95.1. The van der Waals surface area contributed by atoms with Crippen molar-refractivity contribution in [3.05, 3.63) is 192 Å². The van der Waals surface area contributed by atoms with Gasteiger partial charge in [-0.1, -0.05) is 112 Å². The predicted octanol–water partition coefficient (Wildman–Crippen LogP) is 22.9. The molecule has 8 bridgehead atoms. The van der Waals surface area contributed by atoms with Crippen molar-refractivity contribution in [2.24, 2.45) is 34.5 Å². The van der Waals surface area contributed by atoms with Gasteiger partial charge in [0.1, 0.15) is 11.2 Å². The highest BCUT2D eigenvalue weighted by Gasteiger charge is 2.65. The summed E-state index contributed by atoms with van der Waals surface area (Å²) in [5.74, 6) is -38.6. The molecule has 4 atom stereocenters. The number of carbonyl (C=O) groups is 8. The molecule has 0 spiro atoms. The number of benzene rings is 4. The third kappa shape index (κ3) is 31.2. The Labute approximate surface area is 707 Å². The number of alkyl halides is 18. The van der Waals surface area contributed by atoms with Gasteiger partial charge in [0.2, 0.25) is 0 Å². The van der Waals surface area contributed by atoms with Crippen molar-refractivity contribution >= 4 is 72.1 Å². The van der Waals surface area contributed by atoms with Crippen LogP contribution in [0, 0.1) is 34.5 Å². The summed E-state index contributed by atoms with van der Waals surface area (Å²) in [6.07, 6.45) is 10.5. The molecular formula is C90H102F18O16. The van der Waals surface area contributed by atoms with Crippen LogP contribution in [0.1, 0.15) is 215 Å². The molecule has 124 heavy (non-hydrogen) atoms. The first-order chi connectivity index (χ1) is 57.0. The molecule has 0 saturated heterocycles. The largest absolute Gasteiger partial charge is 0.465 e. The number of hydrogen-bond acceptors (Lipinski definition) is 16. The van der Waals surface area contributed by atoms with Crippen LogP contribution in [0.15, 0.2) is 148 Å². The predicted molar refractivity (Wildman–Crippen MR) is 423 cm³/mol. The average molecular weight is 1780 g/mol. The first kappa shape index (κ1) is 104. The van der Waals surface area contributed by atoms with Crippen molar-refractivity contribution in [2.45, 2.75) is 216 Å². The zero-order valence-corrected chi connectivity index (χ0v) is 69.8. The fourth-order valence-corrected chi connectivity index (χ4v) is 15.4. The molecule has 8 aliphatic carbocycles. The minimum Gasteiger partial charge on any atom is -0.465 e. The van der Waals surface area contributed by atoms with Gasteiger partial charge in [0.15, 0.2) is 19.8 Å². The Morgan fingerprint density at radius 3 is 0.774 bits per heavy atom. The van der Waals surface area contributed by atoms with Crippen molar-refractivity contribution in [3.8, 4) is 0 Å². The average Bonchev–Trinajstić information content (AvgIpc) is 0.720. The summed E-state index contributed by atoms with van der Waals surface area (Å²) in [7, 11) is 0.